The van der Waals surface area contributed by atoms with Gasteiger partial charge in [0.1, 0.15) is 0 Å². The van der Waals surface area contributed by atoms with Crippen molar-refractivity contribution < 1.29 is 9.59 Å². The highest BCUT2D eigenvalue weighted by Gasteiger charge is 2.05. The van der Waals surface area contributed by atoms with E-state index in [-0.39, 0.29) is 23.9 Å². The smallest absolute Gasteiger partial charge is 0.230 e. The summed E-state index contributed by atoms with van der Waals surface area (Å²) in [6.07, 6.45) is 0.470. The number of carbonyl (C=O) groups is 2. The number of hydrogen-bond donors (Lipinski definition) is 2. The highest BCUT2D eigenvalue weighted by Crippen LogP contribution is 2.02. The minimum atomic E-state index is 0.0317. The molecule has 0 atom stereocenters. The Morgan fingerprint density at radius 1 is 1.00 bits per heavy atom. The summed E-state index contributed by atoms with van der Waals surface area (Å²) in [6.45, 7) is 7.72. The first-order valence-corrected chi connectivity index (χ1v) is 6.73. The second kappa shape index (κ2) is 8.44. The van der Waals surface area contributed by atoms with Gasteiger partial charge in [0, 0.05) is 24.3 Å². The predicted octanol–water partition coefficient (Wildman–Crippen LogP) is 1.16. The monoisotopic (exact) mass is 246 g/mol. The van der Waals surface area contributed by atoms with Crippen molar-refractivity contribution in [2.24, 2.45) is 0 Å². The first kappa shape index (κ1) is 15.3. The van der Waals surface area contributed by atoms with E-state index in [2.05, 4.69) is 10.6 Å². The number of carbonyl (C=O) groups excluding carboxylic acids is 2. The summed E-state index contributed by atoms with van der Waals surface area (Å²) >= 11 is 1.49. The Morgan fingerprint density at radius 3 is 2.00 bits per heavy atom. The molecule has 4 nitrogen and oxygen atoms in total. The van der Waals surface area contributed by atoms with Gasteiger partial charge in [-0.05, 0) is 27.7 Å². The van der Waals surface area contributed by atoms with Gasteiger partial charge < -0.3 is 10.6 Å². The van der Waals surface area contributed by atoms with Crippen molar-refractivity contribution in [2.75, 3.05) is 11.5 Å². The highest BCUT2D eigenvalue weighted by molar-refractivity contribution is 7.99. The summed E-state index contributed by atoms with van der Waals surface area (Å²) < 4.78 is 0. The van der Waals surface area contributed by atoms with Crippen LogP contribution in [0.2, 0.25) is 0 Å². The molecular weight excluding hydrogens is 224 g/mol. The molecule has 0 aliphatic heterocycles. The summed E-state index contributed by atoms with van der Waals surface area (Å²) in [7, 11) is 0. The van der Waals surface area contributed by atoms with E-state index < -0.39 is 0 Å². The van der Waals surface area contributed by atoms with Crippen molar-refractivity contribution in [3.63, 3.8) is 0 Å². The first-order valence-electron chi connectivity index (χ1n) is 5.58. The number of amides is 2. The lowest BCUT2D eigenvalue weighted by atomic mass is 10.3. The van der Waals surface area contributed by atoms with Gasteiger partial charge in [0.25, 0.3) is 0 Å². The summed E-state index contributed by atoms with van der Waals surface area (Å²) in [5, 5.41) is 5.61. The average molecular weight is 246 g/mol. The van der Waals surface area contributed by atoms with Crippen molar-refractivity contribution >= 4 is 23.6 Å². The lowest BCUT2D eigenvalue weighted by molar-refractivity contribution is -0.121. The van der Waals surface area contributed by atoms with E-state index in [9.17, 15) is 9.59 Å². The lowest BCUT2D eigenvalue weighted by Gasteiger charge is -2.09. The Balaban J connectivity index is 3.46. The summed E-state index contributed by atoms with van der Waals surface area (Å²) in [5.74, 6) is 1.19. The molecule has 94 valence electrons. The molecule has 0 aromatic heterocycles. The minimum absolute atomic E-state index is 0.0317. The van der Waals surface area contributed by atoms with E-state index in [0.717, 1.165) is 0 Å². The fourth-order valence-electron chi connectivity index (χ4n) is 1.09. The Hall–Kier alpha value is -0.710. The van der Waals surface area contributed by atoms with Crippen LogP contribution in [0.3, 0.4) is 0 Å². The Morgan fingerprint density at radius 2 is 1.50 bits per heavy atom. The molecule has 16 heavy (non-hydrogen) atoms. The van der Waals surface area contributed by atoms with Gasteiger partial charge in [0.2, 0.25) is 11.8 Å². The van der Waals surface area contributed by atoms with Crippen molar-refractivity contribution in [2.45, 2.75) is 46.2 Å². The molecule has 0 heterocycles. The summed E-state index contributed by atoms with van der Waals surface area (Å²) in [5.41, 5.74) is 0. The van der Waals surface area contributed by atoms with Gasteiger partial charge in [0.05, 0.1) is 5.75 Å². The van der Waals surface area contributed by atoms with Gasteiger partial charge in [-0.15, -0.1) is 0 Å². The molecule has 0 rings (SSSR count). The third kappa shape index (κ3) is 9.83. The van der Waals surface area contributed by atoms with Gasteiger partial charge >= 0.3 is 0 Å². The molecule has 0 aromatic rings. The molecule has 0 aromatic carbocycles. The van der Waals surface area contributed by atoms with Crippen LogP contribution >= 0.6 is 11.8 Å². The van der Waals surface area contributed by atoms with Gasteiger partial charge in [-0.2, -0.15) is 11.8 Å². The topological polar surface area (TPSA) is 58.2 Å². The summed E-state index contributed by atoms with van der Waals surface area (Å²) in [6, 6.07) is 0.360. The quantitative estimate of drug-likeness (QED) is 0.663. The molecule has 0 bridgehead atoms. The normalized spacial score (nSPS) is 10.6. The fourth-order valence-corrected chi connectivity index (χ4v) is 1.83. The zero-order chi connectivity index (χ0) is 12.6. The number of thioether (sulfide) groups is 1. The van der Waals surface area contributed by atoms with Crippen LogP contribution in [-0.2, 0) is 9.59 Å². The molecule has 0 aliphatic rings. The molecule has 5 heteroatoms. The maximum Gasteiger partial charge on any atom is 0.230 e. The van der Waals surface area contributed by atoms with Crippen LogP contribution in [0.1, 0.15) is 34.1 Å². The minimum Gasteiger partial charge on any atom is -0.354 e. The van der Waals surface area contributed by atoms with E-state index in [1.165, 1.54) is 11.8 Å². The number of hydrogen-bond acceptors (Lipinski definition) is 3. The molecule has 0 unspecified atom stereocenters. The standard InChI is InChI=1S/C11H22N2O2S/c1-8(2)12-10(14)5-6-16-7-11(15)13-9(3)4/h8-9H,5-7H2,1-4H3,(H,12,14)(H,13,15). The molecular formula is C11H22N2O2S. The zero-order valence-corrected chi connectivity index (χ0v) is 11.3. The molecule has 0 spiro atoms. The molecule has 0 fully saturated rings. The SMILES string of the molecule is CC(C)NC(=O)CCSCC(=O)NC(C)C. The number of rotatable bonds is 7. The van der Waals surface area contributed by atoms with Gasteiger partial charge in [-0.25, -0.2) is 0 Å². The second-order valence-electron chi connectivity index (χ2n) is 4.25. The zero-order valence-electron chi connectivity index (χ0n) is 10.5. The fraction of sp³-hybridized carbons (Fsp3) is 0.818. The molecule has 0 aliphatic carbocycles. The van der Waals surface area contributed by atoms with Crippen LogP contribution in [0, 0.1) is 0 Å². The average Bonchev–Trinajstić information content (AvgIpc) is 2.10. The Bertz CT molecular complexity index is 206. The van der Waals surface area contributed by atoms with Crippen LogP contribution in [0.25, 0.3) is 0 Å². The van der Waals surface area contributed by atoms with Crippen molar-refractivity contribution in [1.29, 1.82) is 0 Å². The van der Waals surface area contributed by atoms with E-state index in [1.54, 1.807) is 0 Å². The molecule has 2 N–H and O–H groups in total. The van der Waals surface area contributed by atoms with Crippen LogP contribution in [0.5, 0.6) is 0 Å². The van der Waals surface area contributed by atoms with Crippen molar-refractivity contribution in [1.82, 2.24) is 10.6 Å². The van der Waals surface area contributed by atoms with E-state index in [1.807, 2.05) is 27.7 Å². The molecule has 0 saturated heterocycles. The molecule has 2 amide bonds. The second-order valence-corrected chi connectivity index (χ2v) is 5.35. The molecule has 0 saturated carbocycles. The van der Waals surface area contributed by atoms with Crippen LogP contribution < -0.4 is 10.6 Å². The van der Waals surface area contributed by atoms with Crippen molar-refractivity contribution in [3.8, 4) is 0 Å². The predicted molar refractivity (Wildman–Crippen MR) is 68.5 cm³/mol. The maximum atomic E-state index is 11.3. The first-order chi connectivity index (χ1) is 7.41. The van der Waals surface area contributed by atoms with Crippen LogP contribution in [0.4, 0.5) is 0 Å². The van der Waals surface area contributed by atoms with E-state index >= 15 is 0 Å². The van der Waals surface area contributed by atoms with E-state index in [0.29, 0.717) is 17.9 Å². The lowest BCUT2D eigenvalue weighted by Crippen LogP contribution is -2.32. The third-order valence-corrected chi connectivity index (χ3v) is 2.57. The largest absolute Gasteiger partial charge is 0.354 e. The van der Waals surface area contributed by atoms with Crippen molar-refractivity contribution in [3.05, 3.63) is 0 Å². The Labute approximate surface area is 102 Å². The summed E-state index contributed by atoms with van der Waals surface area (Å²) in [4.78, 5) is 22.5. The highest BCUT2D eigenvalue weighted by atomic mass is 32.2. The Kier molecular flexibility index (Phi) is 8.07. The number of nitrogens with one attached hydrogen (secondary N) is 2. The van der Waals surface area contributed by atoms with Crippen LogP contribution in [-0.4, -0.2) is 35.4 Å². The molecule has 0 radical (unpaired) electrons. The van der Waals surface area contributed by atoms with Crippen LogP contribution in [0.15, 0.2) is 0 Å². The van der Waals surface area contributed by atoms with Gasteiger partial charge in [0.15, 0.2) is 0 Å². The van der Waals surface area contributed by atoms with E-state index in [4.69, 9.17) is 0 Å². The maximum absolute atomic E-state index is 11.3. The third-order valence-electron chi connectivity index (χ3n) is 1.61. The van der Waals surface area contributed by atoms with Gasteiger partial charge in [-0.3, -0.25) is 9.59 Å². The van der Waals surface area contributed by atoms with Gasteiger partial charge in [-0.1, -0.05) is 0 Å².